The van der Waals surface area contributed by atoms with E-state index < -0.39 is 0 Å². The maximum absolute atomic E-state index is 5.98. The van der Waals surface area contributed by atoms with Crippen LogP contribution >= 0.6 is 0 Å². The monoisotopic (exact) mass is 284 g/mol. The quantitative estimate of drug-likeness (QED) is 0.818. The first-order chi connectivity index (χ1) is 10.1. The summed E-state index contributed by atoms with van der Waals surface area (Å²) in [4.78, 5) is 0. The number of aryl methyl sites for hydroxylation is 1. The van der Waals surface area contributed by atoms with Gasteiger partial charge in [0.15, 0.2) is 0 Å². The minimum Gasteiger partial charge on any atom is -0.497 e. The van der Waals surface area contributed by atoms with E-state index in [2.05, 4.69) is 36.5 Å². The zero-order valence-electron chi connectivity index (χ0n) is 12.8. The lowest BCUT2D eigenvalue weighted by atomic mass is 9.93. The number of para-hydroxylation sites is 1. The lowest BCUT2D eigenvalue weighted by Crippen LogP contribution is -2.42. The van der Waals surface area contributed by atoms with Crippen LogP contribution in [-0.4, -0.2) is 19.2 Å². The molecule has 0 aromatic heterocycles. The Morgan fingerprint density at radius 2 is 1.71 bits per heavy atom. The van der Waals surface area contributed by atoms with Gasteiger partial charge in [-0.3, -0.25) is 0 Å². The second-order valence-electron chi connectivity index (χ2n) is 5.60. The van der Waals surface area contributed by atoms with E-state index in [1.807, 2.05) is 30.3 Å². The summed E-state index contributed by atoms with van der Waals surface area (Å²) in [5, 5.41) is 3.55. The Labute approximate surface area is 127 Å². The van der Waals surface area contributed by atoms with Crippen LogP contribution in [0, 0.1) is 0 Å². The van der Waals surface area contributed by atoms with E-state index in [4.69, 9.17) is 10.5 Å². The molecule has 3 N–H and O–H groups in total. The molecule has 0 radical (unpaired) electrons. The van der Waals surface area contributed by atoms with Gasteiger partial charge < -0.3 is 15.8 Å². The summed E-state index contributed by atoms with van der Waals surface area (Å²) in [6.07, 6.45) is 1.96. The van der Waals surface area contributed by atoms with Crippen molar-refractivity contribution in [2.24, 2.45) is 5.73 Å². The van der Waals surface area contributed by atoms with E-state index in [1.54, 1.807) is 7.11 Å². The highest BCUT2D eigenvalue weighted by Crippen LogP contribution is 2.21. The summed E-state index contributed by atoms with van der Waals surface area (Å²) in [7, 11) is 1.68. The van der Waals surface area contributed by atoms with E-state index in [-0.39, 0.29) is 5.54 Å². The van der Waals surface area contributed by atoms with Gasteiger partial charge in [-0.25, -0.2) is 0 Å². The number of nitrogens with two attached hydrogens (primary N) is 1. The van der Waals surface area contributed by atoms with Crippen molar-refractivity contribution in [2.45, 2.75) is 25.3 Å². The molecule has 21 heavy (non-hydrogen) atoms. The molecule has 2 aromatic rings. The van der Waals surface area contributed by atoms with Crippen molar-refractivity contribution >= 4 is 5.69 Å². The van der Waals surface area contributed by atoms with Crippen molar-refractivity contribution in [1.29, 1.82) is 0 Å². The Hall–Kier alpha value is -2.00. The lowest BCUT2D eigenvalue weighted by molar-refractivity contribution is 0.414. The Kier molecular flexibility index (Phi) is 5.23. The van der Waals surface area contributed by atoms with Gasteiger partial charge in [-0.1, -0.05) is 30.3 Å². The molecule has 3 nitrogen and oxygen atoms in total. The van der Waals surface area contributed by atoms with Crippen molar-refractivity contribution in [3.8, 4) is 5.75 Å². The maximum atomic E-state index is 5.98. The van der Waals surface area contributed by atoms with Gasteiger partial charge in [0.1, 0.15) is 5.75 Å². The van der Waals surface area contributed by atoms with Gasteiger partial charge in [0, 0.05) is 17.8 Å². The first-order valence-corrected chi connectivity index (χ1v) is 7.31. The van der Waals surface area contributed by atoms with Crippen molar-refractivity contribution in [3.63, 3.8) is 0 Å². The zero-order chi connectivity index (χ0) is 15.1. The lowest BCUT2D eigenvalue weighted by Gasteiger charge is -2.31. The highest BCUT2D eigenvalue weighted by atomic mass is 16.5. The van der Waals surface area contributed by atoms with Crippen LogP contribution in [0.2, 0.25) is 0 Å². The molecular formula is C18H24N2O. The predicted molar refractivity (Wildman–Crippen MR) is 88.8 cm³/mol. The molecule has 0 spiro atoms. The highest BCUT2D eigenvalue weighted by molar-refractivity contribution is 5.45. The molecule has 0 aliphatic carbocycles. The number of anilines is 1. The van der Waals surface area contributed by atoms with Crippen molar-refractivity contribution in [2.75, 3.05) is 19.0 Å². The minimum atomic E-state index is -0.110. The summed E-state index contributed by atoms with van der Waals surface area (Å²) in [5.74, 6) is 0.891. The van der Waals surface area contributed by atoms with Crippen LogP contribution in [0.3, 0.4) is 0 Å². The second kappa shape index (κ2) is 7.14. The third kappa shape index (κ3) is 4.50. The van der Waals surface area contributed by atoms with Gasteiger partial charge in [-0.05, 0) is 49.6 Å². The molecule has 0 fully saturated rings. The molecular weight excluding hydrogens is 260 g/mol. The van der Waals surface area contributed by atoms with Crippen molar-refractivity contribution < 1.29 is 4.74 Å². The van der Waals surface area contributed by atoms with E-state index >= 15 is 0 Å². The number of nitrogens with one attached hydrogen (secondary N) is 1. The summed E-state index contributed by atoms with van der Waals surface area (Å²) in [5.41, 5.74) is 8.28. The molecule has 0 saturated heterocycles. The number of ether oxygens (including phenoxy) is 1. The molecule has 0 aliphatic heterocycles. The Morgan fingerprint density at radius 3 is 2.29 bits per heavy atom. The largest absolute Gasteiger partial charge is 0.497 e. The van der Waals surface area contributed by atoms with Gasteiger partial charge >= 0.3 is 0 Å². The van der Waals surface area contributed by atoms with Gasteiger partial charge in [0.2, 0.25) is 0 Å². The average Bonchev–Trinajstić information content (AvgIpc) is 2.54. The van der Waals surface area contributed by atoms with Crippen LogP contribution in [0.15, 0.2) is 54.6 Å². The van der Waals surface area contributed by atoms with Crippen LogP contribution in [0.5, 0.6) is 5.75 Å². The smallest absolute Gasteiger partial charge is 0.118 e. The molecule has 0 amide bonds. The topological polar surface area (TPSA) is 47.3 Å². The molecule has 112 valence electrons. The molecule has 0 heterocycles. The SMILES string of the molecule is COc1ccc(CCC(C)(CN)Nc2ccccc2)cc1. The third-order valence-corrected chi connectivity index (χ3v) is 3.79. The Morgan fingerprint density at radius 1 is 1.05 bits per heavy atom. The van der Waals surface area contributed by atoms with Gasteiger partial charge in [-0.2, -0.15) is 0 Å². The van der Waals surface area contributed by atoms with Crippen LogP contribution in [-0.2, 0) is 6.42 Å². The molecule has 3 heteroatoms. The van der Waals surface area contributed by atoms with Crippen molar-refractivity contribution in [1.82, 2.24) is 0 Å². The third-order valence-electron chi connectivity index (χ3n) is 3.79. The minimum absolute atomic E-state index is 0.110. The fourth-order valence-corrected chi connectivity index (χ4v) is 2.30. The number of hydrogen-bond acceptors (Lipinski definition) is 3. The van der Waals surface area contributed by atoms with E-state index in [9.17, 15) is 0 Å². The van der Waals surface area contributed by atoms with Gasteiger partial charge in [-0.15, -0.1) is 0 Å². The summed E-state index contributed by atoms with van der Waals surface area (Å²) in [6.45, 7) is 2.77. The fourth-order valence-electron chi connectivity index (χ4n) is 2.30. The number of benzene rings is 2. The molecule has 2 rings (SSSR count). The van der Waals surface area contributed by atoms with E-state index in [0.717, 1.165) is 24.3 Å². The maximum Gasteiger partial charge on any atom is 0.118 e. The summed E-state index contributed by atoms with van der Waals surface area (Å²) in [6, 6.07) is 18.4. The molecule has 0 saturated carbocycles. The Balaban J connectivity index is 1.97. The first-order valence-electron chi connectivity index (χ1n) is 7.31. The van der Waals surface area contributed by atoms with E-state index in [1.165, 1.54) is 5.56 Å². The average molecular weight is 284 g/mol. The molecule has 2 aromatic carbocycles. The molecule has 1 atom stereocenters. The van der Waals surface area contributed by atoms with Crippen LogP contribution in [0.4, 0.5) is 5.69 Å². The van der Waals surface area contributed by atoms with Crippen LogP contribution in [0.25, 0.3) is 0 Å². The summed E-state index contributed by atoms with van der Waals surface area (Å²) < 4.78 is 5.18. The standard InChI is InChI=1S/C18H24N2O/c1-18(14-19,20-16-6-4-3-5-7-16)13-12-15-8-10-17(21-2)11-9-15/h3-11,20H,12-14,19H2,1-2H3. The normalized spacial score (nSPS) is 13.5. The number of rotatable bonds is 7. The molecule has 0 aliphatic rings. The van der Waals surface area contributed by atoms with Crippen LogP contribution in [0.1, 0.15) is 18.9 Å². The van der Waals surface area contributed by atoms with Crippen molar-refractivity contribution in [3.05, 3.63) is 60.2 Å². The van der Waals surface area contributed by atoms with E-state index in [0.29, 0.717) is 6.54 Å². The Bertz CT molecular complexity index is 539. The summed E-state index contributed by atoms with van der Waals surface area (Å²) >= 11 is 0. The molecule has 1 unspecified atom stereocenters. The predicted octanol–water partition coefficient (Wildman–Crippen LogP) is 3.46. The van der Waals surface area contributed by atoms with Gasteiger partial charge in [0.25, 0.3) is 0 Å². The fraction of sp³-hybridized carbons (Fsp3) is 0.333. The van der Waals surface area contributed by atoms with Gasteiger partial charge in [0.05, 0.1) is 7.11 Å². The first kappa shape index (κ1) is 15.4. The van der Waals surface area contributed by atoms with Crippen LogP contribution < -0.4 is 15.8 Å². The number of hydrogen-bond donors (Lipinski definition) is 2. The zero-order valence-corrected chi connectivity index (χ0v) is 12.8. The highest BCUT2D eigenvalue weighted by Gasteiger charge is 2.21. The molecule has 0 bridgehead atoms. The second-order valence-corrected chi connectivity index (χ2v) is 5.60. The number of methoxy groups -OCH3 is 1.